The van der Waals surface area contributed by atoms with Crippen LogP contribution in [0.25, 0.3) is 0 Å². The molecule has 4 heterocycles. The van der Waals surface area contributed by atoms with Crippen LogP contribution in [-0.4, -0.2) is 133 Å². The van der Waals surface area contributed by atoms with Crippen molar-refractivity contribution in [3.63, 3.8) is 0 Å². The fourth-order valence-corrected chi connectivity index (χ4v) is 11.6. The molecule has 2 amide bonds. The van der Waals surface area contributed by atoms with Crippen molar-refractivity contribution >= 4 is 137 Å². The van der Waals surface area contributed by atoms with E-state index >= 15 is 0 Å². The van der Waals surface area contributed by atoms with E-state index in [1.807, 2.05) is 0 Å². The second kappa shape index (κ2) is 14.5. The van der Waals surface area contributed by atoms with Crippen LogP contribution in [0.1, 0.15) is 27.7 Å². The molecule has 4 aliphatic heterocycles. The van der Waals surface area contributed by atoms with Crippen molar-refractivity contribution in [1.29, 1.82) is 0 Å². The van der Waals surface area contributed by atoms with Gasteiger partial charge in [-0.3, -0.25) is 9.59 Å². The quantitative estimate of drug-likeness (QED) is 0.198. The molecule has 260 valence electrons. The monoisotopic (exact) mass is 908 g/mol. The Labute approximate surface area is 337 Å². The first-order valence-corrected chi connectivity index (χ1v) is 20.0. The van der Waals surface area contributed by atoms with Gasteiger partial charge >= 0.3 is 37.7 Å². The molecule has 6 atom stereocenters. The average Bonchev–Trinajstić information content (AvgIpc) is 3.40. The van der Waals surface area contributed by atoms with E-state index in [0.717, 1.165) is 9.80 Å². The van der Waals surface area contributed by atoms with E-state index in [4.69, 9.17) is 8.37 Å². The van der Waals surface area contributed by atoms with E-state index in [1.54, 1.807) is 52.0 Å². The molecule has 4 aliphatic rings. The third kappa shape index (κ3) is 7.75. The van der Waals surface area contributed by atoms with Crippen LogP contribution in [0.4, 0.5) is 0 Å². The molecule has 6 rings (SSSR count). The fourth-order valence-electron chi connectivity index (χ4n) is 5.68. The molecule has 0 unspecified atom stereocenters. The smallest absolute Gasteiger partial charge is 0.548 e. The van der Waals surface area contributed by atoms with E-state index in [2.05, 4.69) is 31.9 Å². The van der Waals surface area contributed by atoms with E-state index in [9.17, 15) is 46.2 Å². The van der Waals surface area contributed by atoms with Gasteiger partial charge in [-0.2, -0.15) is 16.8 Å². The van der Waals surface area contributed by atoms with E-state index in [-0.39, 0.29) is 47.5 Å². The molecule has 0 N–H and O–H groups in total. The zero-order valence-corrected chi connectivity index (χ0v) is 34.6. The molecular formula is C28H26Br2CaN2O12S4. The van der Waals surface area contributed by atoms with Crippen molar-refractivity contribution in [1.82, 2.24) is 9.80 Å². The van der Waals surface area contributed by atoms with Crippen LogP contribution in [0.15, 0.2) is 67.3 Å². The van der Waals surface area contributed by atoms with Crippen molar-refractivity contribution < 1.29 is 54.6 Å². The van der Waals surface area contributed by atoms with Gasteiger partial charge in [0.1, 0.15) is 10.7 Å². The van der Waals surface area contributed by atoms with Gasteiger partial charge in [0, 0.05) is 18.4 Å². The van der Waals surface area contributed by atoms with Gasteiger partial charge in [0.05, 0.1) is 33.8 Å². The predicted molar refractivity (Wildman–Crippen MR) is 180 cm³/mol. The van der Waals surface area contributed by atoms with Crippen LogP contribution in [-0.2, 0) is 47.8 Å². The first kappa shape index (κ1) is 40.8. The minimum atomic E-state index is -4.13. The number of halogens is 2. The molecule has 2 aromatic carbocycles. The van der Waals surface area contributed by atoms with E-state index < -0.39 is 88.5 Å². The second-order valence-electron chi connectivity index (χ2n) is 12.0. The summed E-state index contributed by atoms with van der Waals surface area (Å²) in [6.07, 6.45) is -2.46. The summed E-state index contributed by atoms with van der Waals surface area (Å²) < 4.78 is 59.2. The van der Waals surface area contributed by atoms with Gasteiger partial charge in [0.15, 0.2) is 12.2 Å². The summed E-state index contributed by atoms with van der Waals surface area (Å²) in [6.45, 7) is 6.68. The fraction of sp³-hybridized carbons (Fsp3) is 0.429. The van der Waals surface area contributed by atoms with Gasteiger partial charge in [0.25, 0.3) is 32.1 Å². The number of rotatable bonds is 8. The van der Waals surface area contributed by atoms with Gasteiger partial charge in [0.2, 0.25) is 0 Å². The number of amides is 2. The van der Waals surface area contributed by atoms with Gasteiger partial charge in [-0.05, 0) is 76.2 Å². The topological polar surface area (TPSA) is 208 Å². The largest absolute Gasteiger partial charge is 2.00 e. The number of fused-ring (bicyclic) bond motifs is 2. The Bertz CT molecular complexity index is 1760. The molecule has 2 aromatic rings. The second-order valence-corrected chi connectivity index (χ2v) is 20.5. The Hall–Kier alpha value is -0.940. The molecule has 21 heteroatoms. The molecule has 0 radical (unpaired) electrons. The van der Waals surface area contributed by atoms with Crippen molar-refractivity contribution in [3.8, 4) is 0 Å². The van der Waals surface area contributed by atoms with Crippen LogP contribution in [0.3, 0.4) is 0 Å². The molecule has 14 nitrogen and oxygen atoms in total. The maximum absolute atomic E-state index is 12.3. The number of hydrogen-bond acceptors (Lipinski definition) is 14. The molecular weight excluding hydrogens is 884 g/mol. The molecule has 0 bridgehead atoms. The molecule has 4 fully saturated rings. The maximum atomic E-state index is 12.3. The summed E-state index contributed by atoms with van der Waals surface area (Å²) >= 11 is 8.79. The van der Waals surface area contributed by atoms with Crippen molar-refractivity contribution in [2.24, 2.45) is 0 Å². The zero-order chi connectivity index (χ0) is 35.7. The van der Waals surface area contributed by atoms with Crippen molar-refractivity contribution in [2.75, 3.05) is 0 Å². The molecule has 0 spiro atoms. The standard InChI is InChI=1S/2C14H14BrNO6S2.Ca/c2*1-14(2)10(13(18)19)16-11(17)9(12(16)23-14)22-24(20,21)8-5-3-7(15)4-6-8;/h2*3-6,9-10,12H,1-2H3,(H,18,19);/q;;+2/p-2/t2*9-,10+,12-;/m11./s1. The van der Waals surface area contributed by atoms with Crippen LogP contribution < -0.4 is 10.2 Å². The number of aliphatic carboxylic acids is 2. The van der Waals surface area contributed by atoms with Crippen LogP contribution in [0.2, 0.25) is 0 Å². The Balaban J connectivity index is 0.000000216. The van der Waals surface area contributed by atoms with Crippen molar-refractivity contribution in [2.45, 2.75) is 82.0 Å². The minimum absolute atomic E-state index is 0. The molecule has 0 aromatic heterocycles. The summed E-state index contributed by atoms with van der Waals surface area (Å²) in [5, 5.41) is 21.3. The van der Waals surface area contributed by atoms with Crippen molar-refractivity contribution in [3.05, 3.63) is 57.5 Å². The van der Waals surface area contributed by atoms with Gasteiger partial charge < -0.3 is 29.6 Å². The Kier molecular flexibility index (Phi) is 12.1. The molecule has 0 saturated carbocycles. The SMILES string of the molecule is CC1(C)S[C@@H]2[C@H](OS(=O)(=O)c3ccc(Br)cc3)C(=O)N2[C@H]1C(=O)[O-].CC1(C)S[C@@H]2[C@H](OS(=O)(=O)c3ccc(Br)cc3)C(=O)N2[C@H]1C(=O)[O-].[Ca+2]. The molecule has 4 saturated heterocycles. The minimum Gasteiger partial charge on any atom is -0.548 e. The number of carbonyl (C=O) groups is 4. The van der Waals surface area contributed by atoms with Gasteiger partial charge in [-0.25, -0.2) is 8.37 Å². The third-order valence-corrected chi connectivity index (χ3v) is 14.7. The predicted octanol–water partition coefficient (Wildman–Crippen LogP) is 0.290. The summed E-state index contributed by atoms with van der Waals surface area (Å²) in [6, 6.07) is 9.38. The average molecular weight is 911 g/mol. The van der Waals surface area contributed by atoms with Crippen LogP contribution in [0, 0.1) is 0 Å². The van der Waals surface area contributed by atoms with Gasteiger partial charge in [-0.15, -0.1) is 23.5 Å². The summed E-state index contributed by atoms with van der Waals surface area (Å²) in [4.78, 5) is 49.2. The number of hydrogen-bond donors (Lipinski definition) is 0. The number of nitrogens with zero attached hydrogens (tertiary/aromatic N) is 2. The van der Waals surface area contributed by atoms with Crippen LogP contribution in [0.5, 0.6) is 0 Å². The Morgan fingerprint density at radius 3 is 1.22 bits per heavy atom. The van der Waals surface area contributed by atoms with Gasteiger partial charge in [-0.1, -0.05) is 31.9 Å². The maximum Gasteiger partial charge on any atom is 2.00 e. The first-order valence-electron chi connectivity index (χ1n) is 13.9. The number of β-lactam (4-membered cyclic amide) rings is 2. The summed E-state index contributed by atoms with van der Waals surface area (Å²) in [7, 11) is -8.26. The van der Waals surface area contributed by atoms with E-state index in [0.29, 0.717) is 8.95 Å². The zero-order valence-electron chi connectivity index (χ0n) is 26.0. The number of carboxylic acids is 2. The number of benzene rings is 2. The van der Waals surface area contributed by atoms with Crippen LogP contribution >= 0.6 is 55.4 Å². The normalized spacial score (nSPS) is 27.8. The molecule has 0 aliphatic carbocycles. The summed E-state index contributed by atoms with van der Waals surface area (Å²) in [5.74, 6) is -4.05. The Morgan fingerprint density at radius 2 is 0.959 bits per heavy atom. The number of thioether (sulfide) groups is 2. The molecule has 49 heavy (non-hydrogen) atoms. The first-order chi connectivity index (χ1) is 22.1. The number of carboxylic acid groups (broad SMARTS) is 2. The van der Waals surface area contributed by atoms with E-state index in [1.165, 1.54) is 47.8 Å². The number of carbonyl (C=O) groups excluding carboxylic acids is 4. The summed E-state index contributed by atoms with van der Waals surface area (Å²) in [5.41, 5.74) is 0. The third-order valence-electron chi connectivity index (χ3n) is 7.90. The Morgan fingerprint density at radius 1 is 0.673 bits per heavy atom.